The van der Waals surface area contributed by atoms with E-state index >= 15 is 0 Å². The van der Waals surface area contributed by atoms with E-state index in [0.717, 1.165) is 25.9 Å². The van der Waals surface area contributed by atoms with Crippen LogP contribution in [0.1, 0.15) is 33.6 Å². The molecular formula is C17H21N5O3. The third-order valence-electron chi connectivity index (χ3n) is 4.56. The van der Waals surface area contributed by atoms with Gasteiger partial charge in [0.05, 0.1) is 5.56 Å². The van der Waals surface area contributed by atoms with E-state index < -0.39 is 5.91 Å². The summed E-state index contributed by atoms with van der Waals surface area (Å²) in [6, 6.07) is 5.13. The number of fused-ring (bicyclic) bond motifs is 1. The first kappa shape index (κ1) is 17.0. The van der Waals surface area contributed by atoms with Gasteiger partial charge in [0.1, 0.15) is 5.82 Å². The number of carbonyl (C=O) groups excluding carboxylic acids is 3. The van der Waals surface area contributed by atoms with Gasteiger partial charge < -0.3 is 26.3 Å². The summed E-state index contributed by atoms with van der Waals surface area (Å²) in [5.41, 5.74) is 6.64. The number of aromatic nitrogens is 1. The van der Waals surface area contributed by atoms with Gasteiger partial charge in [0.15, 0.2) is 0 Å². The highest BCUT2D eigenvalue weighted by Gasteiger charge is 2.21. The summed E-state index contributed by atoms with van der Waals surface area (Å²) in [6.07, 6.45) is 2.31. The van der Waals surface area contributed by atoms with Gasteiger partial charge in [-0.05, 0) is 45.1 Å². The number of piperidine rings is 1. The van der Waals surface area contributed by atoms with Crippen LogP contribution in [0.25, 0.3) is 10.9 Å². The fourth-order valence-electron chi connectivity index (χ4n) is 3.18. The van der Waals surface area contributed by atoms with Crippen LogP contribution in [-0.4, -0.2) is 54.3 Å². The molecular weight excluding hydrogens is 322 g/mol. The van der Waals surface area contributed by atoms with Crippen molar-refractivity contribution < 1.29 is 14.4 Å². The SMILES string of the molecule is CN1CCC(NC(=O)c2ccc3c(C(N)=O)c(NC=O)[nH]c3c2)CC1. The van der Waals surface area contributed by atoms with Crippen LogP contribution < -0.4 is 16.4 Å². The number of anilines is 1. The number of nitrogens with two attached hydrogens (primary N) is 1. The minimum Gasteiger partial charge on any atom is -0.365 e. The predicted molar refractivity (Wildman–Crippen MR) is 94.5 cm³/mol. The Morgan fingerprint density at radius 2 is 2.04 bits per heavy atom. The molecule has 3 rings (SSSR count). The minimum absolute atomic E-state index is 0.156. The maximum Gasteiger partial charge on any atom is 0.253 e. The number of nitrogens with zero attached hydrogens (tertiary/aromatic N) is 1. The number of hydrogen-bond donors (Lipinski definition) is 4. The monoisotopic (exact) mass is 343 g/mol. The number of likely N-dealkylation sites (tertiary alicyclic amines) is 1. The van der Waals surface area contributed by atoms with Gasteiger partial charge in [-0.3, -0.25) is 14.4 Å². The second-order valence-corrected chi connectivity index (χ2v) is 6.31. The van der Waals surface area contributed by atoms with Crippen molar-refractivity contribution in [2.75, 3.05) is 25.5 Å². The highest BCUT2D eigenvalue weighted by Crippen LogP contribution is 2.26. The zero-order valence-electron chi connectivity index (χ0n) is 14.0. The van der Waals surface area contributed by atoms with Crippen LogP contribution in [0.2, 0.25) is 0 Å². The van der Waals surface area contributed by atoms with Gasteiger partial charge in [-0.2, -0.15) is 0 Å². The molecule has 0 bridgehead atoms. The second kappa shape index (κ2) is 6.94. The van der Waals surface area contributed by atoms with E-state index in [1.54, 1.807) is 18.2 Å². The van der Waals surface area contributed by atoms with Gasteiger partial charge >= 0.3 is 0 Å². The number of hydrogen-bond acceptors (Lipinski definition) is 4. The minimum atomic E-state index is -0.654. The Morgan fingerprint density at radius 1 is 1.32 bits per heavy atom. The molecule has 0 atom stereocenters. The molecule has 5 N–H and O–H groups in total. The van der Waals surface area contributed by atoms with E-state index in [1.807, 2.05) is 0 Å². The van der Waals surface area contributed by atoms with Crippen LogP contribution in [0.5, 0.6) is 0 Å². The van der Waals surface area contributed by atoms with Crippen LogP contribution in [-0.2, 0) is 4.79 Å². The predicted octanol–water partition coefficient (Wildman–Crippen LogP) is 0.659. The molecule has 1 fully saturated rings. The van der Waals surface area contributed by atoms with Crippen molar-refractivity contribution in [3.63, 3.8) is 0 Å². The van der Waals surface area contributed by atoms with Gasteiger partial charge in [-0.25, -0.2) is 0 Å². The Balaban J connectivity index is 1.84. The third kappa shape index (κ3) is 3.48. The summed E-state index contributed by atoms with van der Waals surface area (Å²) >= 11 is 0. The smallest absolute Gasteiger partial charge is 0.253 e. The number of rotatable bonds is 5. The normalized spacial score (nSPS) is 15.9. The van der Waals surface area contributed by atoms with Crippen LogP contribution in [0, 0.1) is 0 Å². The van der Waals surface area contributed by atoms with Crippen molar-refractivity contribution in [2.45, 2.75) is 18.9 Å². The maximum absolute atomic E-state index is 12.5. The molecule has 1 aliphatic heterocycles. The summed E-state index contributed by atoms with van der Waals surface area (Å²) < 4.78 is 0. The average molecular weight is 343 g/mol. The number of carbonyl (C=O) groups is 3. The summed E-state index contributed by atoms with van der Waals surface area (Å²) in [5, 5.41) is 6.03. The number of H-pyrrole nitrogens is 1. The van der Waals surface area contributed by atoms with Crippen molar-refractivity contribution in [3.05, 3.63) is 29.3 Å². The molecule has 0 unspecified atom stereocenters. The fourth-order valence-corrected chi connectivity index (χ4v) is 3.18. The van der Waals surface area contributed by atoms with Gasteiger partial charge in [0.25, 0.3) is 11.8 Å². The second-order valence-electron chi connectivity index (χ2n) is 6.31. The molecule has 1 aromatic heterocycles. The van der Waals surface area contributed by atoms with Gasteiger partial charge in [-0.1, -0.05) is 6.07 Å². The molecule has 132 valence electrons. The molecule has 8 heteroatoms. The average Bonchev–Trinajstić information content (AvgIpc) is 2.94. The lowest BCUT2D eigenvalue weighted by atomic mass is 10.0. The lowest BCUT2D eigenvalue weighted by Crippen LogP contribution is -2.43. The van der Waals surface area contributed by atoms with E-state index in [0.29, 0.717) is 22.9 Å². The third-order valence-corrected chi connectivity index (χ3v) is 4.56. The molecule has 25 heavy (non-hydrogen) atoms. The lowest BCUT2D eigenvalue weighted by Gasteiger charge is -2.29. The highest BCUT2D eigenvalue weighted by molar-refractivity contribution is 6.13. The fraction of sp³-hybridized carbons (Fsp3) is 0.353. The maximum atomic E-state index is 12.5. The zero-order chi connectivity index (χ0) is 18.0. The topological polar surface area (TPSA) is 120 Å². The molecule has 2 heterocycles. The highest BCUT2D eigenvalue weighted by atomic mass is 16.2. The molecule has 0 spiro atoms. The number of nitrogens with one attached hydrogen (secondary N) is 3. The molecule has 1 saturated heterocycles. The molecule has 0 radical (unpaired) electrons. The van der Waals surface area contributed by atoms with Gasteiger partial charge in [-0.15, -0.1) is 0 Å². The Kier molecular flexibility index (Phi) is 4.71. The zero-order valence-corrected chi connectivity index (χ0v) is 14.0. The van der Waals surface area contributed by atoms with E-state index in [2.05, 4.69) is 27.6 Å². The van der Waals surface area contributed by atoms with E-state index in [4.69, 9.17) is 5.73 Å². The molecule has 1 aliphatic rings. The van der Waals surface area contributed by atoms with Crippen molar-refractivity contribution in [1.82, 2.24) is 15.2 Å². The first-order valence-corrected chi connectivity index (χ1v) is 8.14. The van der Waals surface area contributed by atoms with Crippen molar-refractivity contribution in [2.24, 2.45) is 5.73 Å². The summed E-state index contributed by atoms with van der Waals surface area (Å²) in [5.74, 6) is -0.582. The molecule has 0 saturated carbocycles. The van der Waals surface area contributed by atoms with E-state index in [9.17, 15) is 14.4 Å². The van der Waals surface area contributed by atoms with E-state index in [-0.39, 0.29) is 23.3 Å². The largest absolute Gasteiger partial charge is 0.365 e. The first-order valence-electron chi connectivity index (χ1n) is 8.14. The summed E-state index contributed by atoms with van der Waals surface area (Å²) in [7, 11) is 2.07. The molecule has 2 aromatic rings. The lowest BCUT2D eigenvalue weighted by molar-refractivity contribution is -0.105. The molecule has 1 aromatic carbocycles. The number of primary amides is 1. The number of benzene rings is 1. The van der Waals surface area contributed by atoms with Crippen LogP contribution in [0.4, 0.5) is 5.82 Å². The number of amides is 3. The quantitative estimate of drug-likeness (QED) is 0.596. The molecule has 8 nitrogen and oxygen atoms in total. The Bertz CT molecular complexity index is 821. The Morgan fingerprint density at radius 3 is 2.68 bits per heavy atom. The van der Waals surface area contributed by atoms with Crippen LogP contribution in [0.3, 0.4) is 0 Å². The van der Waals surface area contributed by atoms with Crippen LogP contribution >= 0.6 is 0 Å². The Labute approximate surface area is 144 Å². The van der Waals surface area contributed by atoms with Gasteiger partial charge in [0, 0.05) is 22.5 Å². The van der Waals surface area contributed by atoms with E-state index in [1.165, 1.54) is 0 Å². The molecule has 3 amide bonds. The van der Waals surface area contributed by atoms with Crippen molar-refractivity contribution in [3.8, 4) is 0 Å². The summed E-state index contributed by atoms with van der Waals surface area (Å²) in [6.45, 7) is 1.92. The van der Waals surface area contributed by atoms with Crippen LogP contribution in [0.15, 0.2) is 18.2 Å². The Hall–Kier alpha value is -2.87. The van der Waals surface area contributed by atoms with Crippen molar-refractivity contribution in [1.29, 1.82) is 0 Å². The standard InChI is InChI=1S/C17H21N5O3/c1-22-6-4-11(5-7-22)20-17(25)10-2-3-12-13(8-10)21-16(19-9-23)14(12)15(18)24/h2-3,8-9,11,21H,4-7H2,1H3,(H2,18,24)(H,19,23)(H,20,25). The van der Waals surface area contributed by atoms with Gasteiger partial charge in [0.2, 0.25) is 6.41 Å². The first-order chi connectivity index (χ1) is 12.0. The van der Waals surface area contributed by atoms with Crippen molar-refractivity contribution >= 4 is 34.9 Å². The summed E-state index contributed by atoms with van der Waals surface area (Å²) in [4.78, 5) is 40.0. The molecule has 0 aliphatic carbocycles. The number of aromatic amines is 1.